The lowest BCUT2D eigenvalue weighted by Crippen LogP contribution is -2.41. The molecule has 1 atom stereocenters. The first-order valence-corrected chi connectivity index (χ1v) is 12.9. The highest BCUT2D eigenvalue weighted by atomic mass is 32.2. The maximum absolute atomic E-state index is 13.6. The second-order valence-electron chi connectivity index (χ2n) is 8.18. The van der Waals surface area contributed by atoms with Gasteiger partial charge in [-0.05, 0) is 67.8 Å². The molecule has 7 nitrogen and oxygen atoms in total. The zero-order valence-corrected chi connectivity index (χ0v) is 21.3. The summed E-state index contributed by atoms with van der Waals surface area (Å²) in [6.07, 6.45) is 0. The number of hydrogen-bond donors (Lipinski definition) is 1. The largest absolute Gasteiger partial charge is 0.497 e. The third-order valence-corrected chi connectivity index (χ3v) is 7.39. The first-order chi connectivity index (χ1) is 16.7. The molecule has 0 spiro atoms. The smallest absolute Gasteiger partial charge is 0.243 e. The number of nitrogens with zero attached hydrogens (tertiary/aromatic N) is 1. The maximum atomic E-state index is 13.6. The van der Waals surface area contributed by atoms with Crippen LogP contribution < -0.4 is 14.8 Å². The van der Waals surface area contributed by atoms with E-state index in [4.69, 9.17) is 9.47 Å². The van der Waals surface area contributed by atoms with Crippen molar-refractivity contribution in [2.75, 3.05) is 20.3 Å². The van der Waals surface area contributed by atoms with Crippen molar-refractivity contribution in [2.45, 2.75) is 38.3 Å². The van der Waals surface area contributed by atoms with Gasteiger partial charge >= 0.3 is 0 Å². The molecule has 3 rings (SSSR count). The van der Waals surface area contributed by atoms with Gasteiger partial charge in [-0.2, -0.15) is 4.31 Å². The van der Waals surface area contributed by atoms with E-state index in [0.29, 0.717) is 17.9 Å². The molecule has 1 N–H and O–H groups in total. The number of sulfonamides is 1. The molecule has 0 saturated carbocycles. The van der Waals surface area contributed by atoms with Crippen LogP contribution in [0.1, 0.15) is 36.6 Å². The highest BCUT2D eigenvalue weighted by molar-refractivity contribution is 7.89. The first kappa shape index (κ1) is 26.2. The highest BCUT2D eigenvalue weighted by Crippen LogP contribution is 2.25. The minimum atomic E-state index is -3.96. The summed E-state index contributed by atoms with van der Waals surface area (Å²) in [4.78, 5) is 13.1. The van der Waals surface area contributed by atoms with E-state index >= 15 is 0 Å². The number of rotatable bonds is 11. The van der Waals surface area contributed by atoms with E-state index in [1.807, 2.05) is 68.4 Å². The summed E-state index contributed by atoms with van der Waals surface area (Å²) in [6.45, 7) is 5.76. The molecular formula is C27H32N2O5S. The van der Waals surface area contributed by atoms with Crippen LogP contribution in [0.5, 0.6) is 11.5 Å². The number of methoxy groups -OCH3 is 1. The Labute approximate surface area is 207 Å². The summed E-state index contributed by atoms with van der Waals surface area (Å²) >= 11 is 0. The molecule has 35 heavy (non-hydrogen) atoms. The molecule has 0 aliphatic heterocycles. The van der Waals surface area contributed by atoms with Gasteiger partial charge in [0.15, 0.2) is 0 Å². The standard InChI is InChI=1S/C27H32N2O5S/c1-5-34-26-16-15-25(17-20(26)2)35(31,32)29(18-22-9-7-6-8-10-22)19-27(30)28-21(3)23-11-13-24(33-4)14-12-23/h6-17,21H,5,18-19H2,1-4H3,(H,28,30)/t21-/m0/s1. The van der Waals surface area contributed by atoms with Gasteiger partial charge in [0.05, 0.1) is 31.2 Å². The molecule has 0 aromatic heterocycles. The molecule has 3 aromatic rings. The predicted molar refractivity (Wildman–Crippen MR) is 136 cm³/mol. The van der Waals surface area contributed by atoms with Gasteiger partial charge in [0, 0.05) is 6.54 Å². The topological polar surface area (TPSA) is 84.9 Å². The number of benzene rings is 3. The van der Waals surface area contributed by atoms with Crippen molar-refractivity contribution >= 4 is 15.9 Å². The molecule has 0 saturated heterocycles. The van der Waals surface area contributed by atoms with Gasteiger partial charge in [0.1, 0.15) is 11.5 Å². The Morgan fingerprint density at radius 2 is 1.71 bits per heavy atom. The van der Waals surface area contributed by atoms with Crippen LogP contribution in [0, 0.1) is 6.92 Å². The Morgan fingerprint density at radius 3 is 2.31 bits per heavy atom. The van der Waals surface area contributed by atoms with E-state index in [1.54, 1.807) is 26.2 Å². The summed E-state index contributed by atoms with van der Waals surface area (Å²) in [7, 11) is -2.37. The van der Waals surface area contributed by atoms with Crippen LogP contribution in [0.4, 0.5) is 0 Å². The summed E-state index contributed by atoms with van der Waals surface area (Å²) in [5, 5.41) is 2.90. The van der Waals surface area contributed by atoms with Crippen molar-refractivity contribution in [1.29, 1.82) is 0 Å². The first-order valence-electron chi connectivity index (χ1n) is 11.5. The number of carbonyl (C=O) groups is 1. The summed E-state index contributed by atoms with van der Waals surface area (Å²) in [6, 6.07) is 21.0. The van der Waals surface area contributed by atoms with Crippen LogP contribution in [-0.4, -0.2) is 38.9 Å². The van der Waals surface area contributed by atoms with Gasteiger partial charge in [0.25, 0.3) is 0 Å². The van der Waals surface area contributed by atoms with E-state index in [2.05, 4.69) is 5.32 Å². The lowest BCUT2D eigenvalue weighted by Gasteiger charge is -2.24. The minimum Gasteiger partial charge on any atom is -0.497 e. The van der Waals surface area contributed by atoms with Crippen molar-refractivity contribution in [3.05, 3.63) is 89.5 Å². The van der Waals surface area contributed by atoms with Crippen molar-refractivity contribution in [1.82, 2.24) is 9.62 Å². The molecule has 3 aromatic carbocycles. The van der Waals surface area contributed by atoms with Crippen molar-refractivity contribution in [3.8, 4) is 11.5 Å². The molecule has 8 heteroatoms. The van der Waals surface area contributed by atoms with E-state index in [1.165, 1.54) is 10.4 Å². The fourth-order valence-corrected chi connectivity index (χ4v) is 5.16. The maximum Gasteiger partial charge on any atom is 0.243 e. The molecule has 0 aliphatic carbocycles. The Bertz CT molecular complexity index is 1230. The van der Waals surface area contributed by atoms with Gasteiger partial charge in [0.2, 0.25) is 15.9 Å². The van der Waals surface area contributed by atoms with Crippen LogP contribution in [0.3, 0.4) is 0 Å². The van der Waals surface area contributed by atoms with Crippen molar-refractivity contribution in [3.63, 3.8) is 0 Å². The molecule has 186 valence electrons. The Kier molecular flexibility index (Phi) is 8.89. The Hall–Kier alpha value is -3.36. The third kappa shape index (κ3) is 6.83. The molecule has 0 radical (unpaired) electrons. The zero-order chi connectivity index (χ0) is 25.4. The molecule has 0 fully saturated rings. The van der Waals surface area contributed by atoms with Gasteiger partial charge in [-0.3, -0.25) is 4.79 Å². The van der Waals surface area contributed by atoms with Crippen molar-refractivity contribution < 1.29 is 22.7 Å². The highest BCUT2D eigenvalue weighted by Gasteiger charge is 2.28. The fraction of sp³-hybridized carbons (Fsp3) is 0.296. The summed E-state index contributed by atoms with van der Waals surface area (Å²) in [5.74, 6) is 0.959. The van der Waals surface area contributed by atoms with Gasteiger partial charge in [-0.1, -0.05) is 42.5 Å². The molecule has 0 heterocycles. The van der Waals surface area contributed by atoms with Crippen LogP contribution in [0.2, 0.25) is 0 Å². The van der Waals surface area contributed by atoms with Crippen LogP contribution >= 0.6 is 0 Å². The number of aryl methyl sites for hydroxylation is 1. The van der Waals surface area contributed by atoms with Crippen molar-refractivity contribution in [2.24, 2.45) is 0 Å². The predicted octanol–water partition coefficient (Wildman–Crippen LogP) is 4.47. The average molecular weight is 497 g/mol. The Morgan fingerprint density at radius 1 is 1.03 bits per heavy atom. The lowest BCUT2D eigenvalue weighted by atomic mass is 10.1. The number of nitrogens with one attached hydrogen (secondary N) is 1. The van der Waals surface area contributed by atoms with E-state index in [9.17, 15) is 13.2 Å². The molecule has 0 aliphatic rings. The molecule has 0 unspecified atom stereocenters. The van der Waals surface area contributed by atoms with E-state index in [0.717, 1.165) is 16.9 Å². The lowest BCUT2D eigenvalue weighted by molar-refractivity contribution is -0.122. The minimum absolute atomic E-state index is 0.0692. The summed E-state index contributed by atoms with van der Waals surface area (Å²) < 4.78 is 39.1. The normalized spacial score (nSPS) is 12.3. The van der Waals surface area contributed by atoms with Gasteiger partial charge in [-0.25, -0.2) is 8.42 Å². The average Bonchev–Trinajstić information content (AvgIpc) is 2.85. The number of amides is 1. The number of ether oxygens (including phenoxy) is 2. The monoisotopic (exact) mass is 496 g/mol. The van der Waals surface area contributed by atoms with Crippen LogP contribution in [0.25, 0.3) is 0 Å². The molecular weight excluding hydrogens is 464 g/mol. The third-order valence-electron chi connectivity index (χ3n) is 5.60. The molecule has 1 amide bonds. The zero-order valence-electron chi connectivity index (χ0n) is 20.5. The second-order valence-corrected chi connectivity index (χ2v) is 10.1. The molecule has 0 bridgehead atoms. The second kappa shape index (κ2) is 11.9. The van der Waals surface area contributed by atoms with E-state index in [-0.39, 0.29) is 24.0 Å². The van der Waals surface area contributed by atoms with Crippen LogP contribution in [-0.2, 0) is 21.4 Å². The number of carbonyl (C=O) groups excluding carboxylic acids is 1. The van der Waals surface area contributed by atoms with Gasteiger partial charge < -0.3 is 14.8 Å². The summed E-state index contributed by atoms with van der Waals surface area (Å²) in [5.41, 5.74) is 2.39. The van der Waals surface area contributed by atoms with Crippen LogP contribution in [0.15, 0.2) is 77.7 Å². The Balaban J connectivity index is 1.83. The van der Waals surface area contributed by atoms with Gasteiger partial charge in [-0.15, -0.1) is 0 Å². The number of hydrogen-bond acceptors (Lipinski definition) is 5. The van der Waals surface area contributed by atoms with E-state index < -0.39 is 15.9 Å². The SMILES string of the molecule is CCOc1ccc(S(=O)(=O)N(CC(=O)N[C@@H](C)c2ccc(OC)cc2)Cc2ccccc2)cc1C. The quantitative estimate of drug-likeness (QED) is 0.423. The fourth-order valence-electron chi connectivity index (χ4n) is 3.68.